The van der Waals surface area contributed by atoms with Crippen molar-refractivity contribution in [2.24, 2.45) is 0 Å². The van der Waals surface area contributed by atoms with E-state index in [2.05, 4.69) is 10.4 Å². The van der Waals surface area contributed by atoms with Crippen LogP contribution in [0.2, 0.25) is 0 Å². The lowest BCUT2D eigenvalue weighted by atomic mass is 10.2. The van der Waals surface area contributed by atoms with E-state index in [1.807, 2.05) is 55.1 Å². The summed E-state index contributed by atoms with van der Waals surface area (Å²) in [5.74, 6) is 0.912. The molecule has 0 aliphatic carbocycles. The van der Waals surface area contributed by atoms with Crippen LogP contribution in [0.15, 0.2) is 42.7 Å². The predicted octanol–water partition coefficient (Wildman–Crippen LogP) is 2.56. The van der Waals surface area contributed by atoms with Crippen LogP contribution >= 0.6 is 0 Å². The Morgan fingerprint density at radius 3 is 2.91 bits per heavy atom. The fourth-order valence-electron chi connectivity index (χ4n) is 2.16. The minimum atomic E-state index is -0.0168. The van der Waals surface area contributed by atoms with Crippen molar-refractivity contribution in [2.45, 2.75) is 39.3 Å². The van der Waals surface area contributed by atoms with Crippen LogP contribution < -0.4 is 10.1 Å². The Hall–Kier alpha value is -2.30. The number of benzene rings is 1. The highest BCUT2D eigenvalue weighted by Gasteiger charge is 2.08. The van der Waals surface area contributed by atoms with Gasteiger partial charge in [0.2, 0.25) is 5.91 Å². The molecule has 1 amide bonds. The number of hydrogen-bond donors (Lipinski definition) is 1. The molecule has 118 valence electrons. The van der Waals surface area contributed by atoms with E-state index in [9.17, 15) is 4.79 Å². The number of nitrogens with zero attached hydrogens (tertiary/aromatic N) is 2. The number of nitrogens with one attached hydrogen (secondary N) is 1. The Labute approximate surface area is 131 Å². The molecule has 0 spiro atoms. The van der Waals surface area contributed by atoms with Crippen molar-refractivity contribution in [3.05, 3.63) is 48.3 Å². The summed E-state index contributed by atoms with van der Waals surface area (Å²) in [5.41, 5.74) is 1.10. The molecule has 0 bridgehead atoms. The van der Waals surface area contributed by atoms with Crippen LogP contribution in [0.4, 0.5) is 0 Å². The first-order valence-electron chi connectivity index (χ1n) is 7.60. The number of rotatable bonds is 8. The van der Waals surface area contributed by atoms with Gasteiger partial charge in [0.05, 0.1) is 6.04 Å². The van der Waals surface area contributed by atoms with Gasteiger partial charge < -0.3 is 10.1 Å². The first-order chi connectivity index (χ1) is 10.6. The molecule has 2 rings (SSSR count). The third-order valence-electron chi connectivity index (χ3n) is 3.34. The fourth-order valence-corrected chi connectivity index (χ4v) is 2.16. The van der Waals surface area contributed by atoms with Crippen LogP contribution in [0.3, 0.4) is 0 Å². The molecule has 1 unspecified atom stereocenters. The monoisotopic (exact) mass is 301 g/mol. The number of amides is 1. The molecule has 5 nitrogen and oxygen atoms in total. The first-order valence-corrected chi connectivity index (χ1v) is 7.60. The van der Waals surface area contributed by atoms with Gasteiger partial charge in [-0.3, -0.25) is 9.48 Å². The minimum absolute atomic E-state index is 0.0168. The Morgan fingerprint density at radius 1 is 1.36 bits per heavy atom. The predicted molar refractivity (Wildman–Crippen MR) is 85.7 cm³/mol. The molecule has 0 saturated carbocycles. The molecular weight excluding hydrogens is 278 g/mol. The van der Waals surface area contributed by atoms with Crippen LogP contribution in [0.5, 0.6) is 5.75 Å². The molecule has 1 N–H and O–H groups in total. The standard InChI is InChI=1S/C17H23N3O2/c1-14-7-3-4-8-16(14)22-13-15(2)19-17(21)9-5-11-20-12-6-10-18-20/h3-4,6-8,10,12,15H,5,9,11,13H2,1-2H3,(H,19,21). The first kappa shape index (κ1) is 16.1. The van der Waals surface area contributed by atoms with Crippen LogP contribution in [-0.2, 0) is 11.3 Å². The van der Waals surface area contributed by atoms with E-state index in [-0.39, 0.29) is 11.9 Å². The van der Waals surface area contributed by atoms with Crippen molar-refractivity contribution in [2.75, 3.05) is 6.61 Å². The zero-order chi connectivity index (χ0) is 15.8. The number of carbonyl (C=O) groups is 1. The maximum Gasteiger partial charge on any atom is 0.220 e. The van der Waals surface area contributed by atoms with Crippen molar-refractivity contribution in [3.63, 3.8) is 0 Å². The number of aryl methyl sites for hydroxylation is 2. The average molecular weight is 301 g/mol. The molecule has 1 heterocycles. The summed E-state index contributed by atoms with van der Waals surface area (Å²) >= 11 is 0. The summed E-state index contributed by atoms with van der Waals surface area (Å²) in [6, 6.07) is 9.73. The Morgan fingerprint density at radius 2 is 2.18 bits per heavy atom. The molecule has 22 heavy (non-hydrogen) atoms. The SMILES string of the molecule is Cc1ccccc1OCC(C)NC(=O)CCCn1cccn1. The Kier molecular flexibility index (Phi) is 6.01. The number of para-hydroxylation sites is 1. The topological polar surface area (TPSA) is 56.1 Å². The van der Waals surface area contributed by atoms with E-state index >= 15 is 0 Å². The lowest BCUT2D eigenvalue weighted by Gasteiger charge is -2.16. The van der Waals surface area contributed by atoms with Gasteiger partial charge in [-0.1, -0.05) is 18.2 Å². The van der Waals surface area contributed by atoms with Crippen LogP contribution in [0.25, 0.3) is 0 Å². The van der Waals surface area contributed by atoms with E-state index < -0.39 is 0 Å². The smallest absolute Gasteiger partial charge is 0.220 e. The second kappa shape index (κ2) is 8.22. The normalized spacial score (nSPS) is 11.9. The Balaban J connectivity index is 1.64. The second-order valence-electron chi connectivity index (χ2n) is 5.42. The van der Waals surface area contributed by atoms with Crippen molar-refractivity contribution < 1.29 is 9.53 Å². The van der Waals surface area contributed by atoms with Gasteiger partial charge >= 0.3 is 0 Å². The number of ether oxygens (including phenoxy) is 1. The molecule has 1 aromatic carbocycles. The van der Waals surface area contributed by atoms with Gasteiger partial charge in [-0.25, -0.2) is 0 Å². The fraction of sp³-hybridized carbons (Fsp3) is 0.412. The molecule has 1 aromatic heterocycles. The van der Waals surface area contributed by atoms with Crippen LogP contribution in [0.1, 0.15) is 25.3 Å². The quantitative estimate of drug-likeness (QED) is 0.815. The van der Waals surface area contributed by atoms with Crippen molar-refractivity contribution in [3.8, 4) is 5.75 Å². The van der Waals surface area contributed by atoms with Gasteiger partial charge in [0.25, 0.3) is 0 Å². The number of carbonyl (C=O) groups excluding carboxylic acids is 1. The molecule has 0 aliphatic heterocycles. The molecule has 0 saturated heterocycles. The average Bonchev–Trinajstić information content (AvgIpc) is 2.99. The molecular formula is C17H23N3O2. The van der Waals surface area contributed by atoms with Crippen molar-refractivity contribution >= 4 is 5.91 Å². The zero-order valence-electron chi connectivity index (χ0n) is 13.2. The zero-order valence-corrected chi connectivity index (χ0v) is 13.2. The highest BCUT2D eigenvalue weighted by atomic mass is 16.5. The number of hydrogen-bond acceptors (Lipinski definition) is 3. The van der Waals surface area contributed by atoms with Gasteiger partial charge in [0.1, 0.15) is 12.4 Å². The summed E-state index contributed by atoms with van der Waals surface area (Å²) in [6.45, 7) is 5.18. The highest BCUT2D eigenvalue weighted by Crippen LogP contribution is 2.16. The van der Waals surface area contributed by atoms with Gasteiger partial charge in [-0.2, -0.15) is 5.10 Å². The molecule has 5 heteroatoms. The third-order valence-corrected chi connectivity index (χ3v) is 3.34. The maximum absolute atomic E-state index is 11.9. The van der Waals surface area contributed by atoms with Gasteiger partial charge in [-0.15, -0.1) is 0 Å². The summed E-state index contributed by atoms with van der Waals surface area (Å²) in [5, 5.41) is 7.07. The van der Waals surface area contributed by atoms with Gasteiger partial charge in [0, 0.05) is 25.4 Å². The van der Waals surface area contributed by atoms with Gasteiger partial charge in [-0.05, 0) is 38.0 Å². The molecule has 1 atom stereocenters. The third kappa shape index (κ3) is 5.24. The Bertz CT molecular complexity index is 581. The van der Waals surface area contributed by atoms with Crippen molar-refractivity contribution in [1.82, 2.24) is 15.1 Å². The van der Waals surface area contributed by atoms with Crippen LogP contribution in [0, 0.1) is 6.92 Å². The summed E-state index contributed by atoms with van der Waals surface area (Å²) in [7, 11) is 0. The van der Waals surface area contributed by atoms with E-state index in [0.29, 0.717) is 13.0 Å². The van der Waals surface area contributed by atoms with E-state index in [4.69, 9.17) is 4.74 Å². The van der Waals surface area contributed by atoms with Crippen molar-refractivity contribution in [1.29, 1.82) is 0 Å². The molecule has 0 radical (unpaired) electrons. The molecule has 0 fully saturated rings. The van der Waals surface area contributed by atoms with E-state index in [1.54, 1.807) is 6.20 Å². The lowest BCUT2D eigenvalue weighted by molar-refractivity contribution is -0.122. The maximum atomic E-state index is 11.9. The molecule has 0 aliphatic rings. The largest absolute Gasteiger partial charge is 0.491 e. The van der Waals surface area contributed by atoms with Crippen LogP contribution in [-0.4, -0.2) is 28.3 Å². The highest BCUT2D eigenvalue weighted by molar-refractivity contribution is 5.76. The number of aromatic nitrogens is 2. The summed E-state index contributed by atoms with van der Waals surface area (Å²) in [4.78, 5) is 11.9. The summed E-state index contributed by atoms with van der Waals surface area (Å²) in [6.07, 6.45) is 4.91. The second-order valence-corrected chi connectivity index (χ2v) is 5.42. The minimum Gasteiger partial charge on any atom is -0.491 e. The lowest BCUT2D eigenvalue weighted by Crippen LogP contribution is -2.36. The van der Waals surface area contributed by atoms with E-state index in [0.717, 1.165) is 24.3 Å². The summed E-state index contributed by atoms with van der Waals surface area (Å²) < 4.78 is 7.57. The molecule has 2 aromatic rings. The van der Waals surface area contributed by atoms with Gasteiger partial charge in [0.15, 0.2) is 0 Å². The van der Waals surface area contributed by atoms with E-state index in [1.165, 1.54) is 0 Å².